The summed E-state index contributed by atoms with van der Waals surface area (Å²) in [6.07, 6.45) is 1.72. The Bertz CT molecular complexity index is 292. The van der Waals surface area contributed by atoms with Gasteiger partial charge in [0.15, 0.2) is 9.84 Å². The van der Waals surface area contributed by atoms with E-state index in [9.17, 15) is 13.2 Å². The fraction of sp³-hybridized carbons (Fsp3) is 0.857. The lowest BCUT2D eigenvalue weighted by Gasteiger charge is -2.31. The summed E-state index contributed by atoms with van der Waals surface area (Å²) in [5.41, 5.74) is 0. The number of sulfone groups is 1. The highest BCUT2D eigenvalue weighted by Crippen LogP contribution is 2.18. The van der Waals surface area contributed by atoms with Gasteiger partial charge in [-0.3, -0.25) is 4.79 Å². The van der Waals surface area contributed by atoms with Crippen LogP contribution in [0, 0.1) is 0 Å². The second-order valence-corrected chi connectivity index (χ2v) is 5.60. The fourth-order valence-corrected chi connectivity index (χ4v) is 1.77. The zero-order valence-electron chi connectivity index (χ0n) is 7.36. The lowest BCUT2D eigenvalue weighted by molar-refractivity contribution is -0.120. The molecule has 5 nitrogen and oxygen atoms in total. The molecule has 1 fully saturated rings. The monoisotopic (exact) mass is 207 g/mol. The molecule has 0 unspecified atom stereocenters. The van der Waals surface area contributed by atoms with E-state index >= 15 is 0 Å². The zero-order valence-corrected chi connectivity index (χ0v) is 8.17. The molecule has 1 saturated carbocycles. The van der Waals surface area contributed by atoms with Crippen molar-refractivity contribution < 1.29 is 18.3 Å². The number of rotatable bonds is 3. The van der Waals surface area contributed by atoms with Gasteiger partial charge in [-0.05, 0) is 12.8 Å². The lowest BCUT2D eigenvalue weighted by Crippen LogP contribution is -2.48. The maximum absolute atomic E-state index is 11.0. The van der Waals surface area contributed by atoms with Crippen LogP contribution >= 0.6 is 0 Å². The first-order valence-electron chi connectivity index (χ1n) is 4.02. The number of carbonyl (C=O) groups excluding carboxylic acids is 1. The largest absolute Gasteiger partial charge is 0.393 e. The normalized spacial score (nSPS) is 27.8. The van der Waals surface area contributed by atoms with E-state index in [0.29, 0.717) is 12.8 Å². The van der Waals surface area contributed by atoms with Gasteiger partial charge in [0.2, 0.25) is 5.91 Å². The van der Waals surface area contributed by atoms with Crippen molar-refractivity contribution in [3.63, 3.8) is 0 Å². The molecule has 0 saturated heterocycles. The first-order chi connectivity index (χ1) is 5.87. The third-order valence-corrected chi connectivity index (χ3v) is 2.66. The van der Waals surface area contributed by atoms with Crippen LogP contribution in [0.15, 0.2) is 0 Å². The fourth-order valence-electron chi connectivity index (χ4n) is 1.21. The Kier molecular flexibility index (Phi) is 2.92. The summed E-state index contributed by atoms with van der Waals surface area (Å²) < 4.78 is 21.4. The van der Waals surface area contributed by atoms with Gasteiger partial charge in [-0.2, -0.15) is 0 Å². The molecule has 6 heteroatoms. The van der Waals surface area contributed by atoms with Gasteiger partial charge in [0.1, 0.15) is 5.75 Å². The molecule has 0 spiro atoms. The summed E-state index contributed by atoms with van der Waals surface area (Å²) in [5.74, 6) is -0.959. The quantitative estimate of drug-likeness (QED) is 0.600. The number of carbonyl (C=O) groups is 1. The molecule has 0 atom stereocenters. The molecule has 1 rings (SSSR count). The number of aliphatic hydroxyl groups is 1. The van der Waals surface area contributed by atoms with Crippen LogP contribution in [0.5, 0.6) is 0 Å². The summed E-state index contributed by atoms with van der Waals surface area (Å²) in [7, 11) is -3.24. The third kappa shape index (κ3) is 3.73. The average molecular weight is 207 g/mol. The maximum Gasteiger partial charge on any atom is 0.235 e. The van der Waals surface area contributed by atoms with Crippen molar-refractivity contribution in [2.45, 2.75) is 25.0 Å². The van der Waals surface area contributed by atoms with Crippen molar-refractivity contribution in [2.75, 3.05) is 12.0 Å². The Morgan fingerprint density at radius 1 is 1.54 bits per heavy atom. The molecule has 1 aliphatic rings. The summed E-state index contributed by atoms with van der Waals surface area (Å²) in [6.45, 7) is 0. The highest BCUT2D eigenvalue weighted by atomic mass is 32.2. The van der Waals surface area contributed by atoms with E-state index in [-0.39, 0.29) is 12.1 Å². The van der Waals surface area contributed by atoms with Gasteiger partial charge in [0, 0.05) is 12.3 Å². The van der Waals surface area contributed by atoms with Crippen molar-refractivity contribution in [1.29, 1.82) is 0 Å². The van der Waals surface area contributed by atoms with Gasteiger partial charge in [0.25, 0.3) is 0 Å². The van der Waals surface area contributed by atoms with Crippen LogP contribution in [0.1, 0.15) is 12.8 Å². The number of hydrogen-bond donors (Lipinski definition) is 2. The Hall–Kier alpha value is -0.620. The SMILES string of the molecule is CS(=O)(=O)CC(=O)NC1CC(O)C1. The molecule has 1 aliphatic carbocycles. The van der Waals surface area contributed by atoms with E-state index in [1.165, 1.54) is 0 Å². The highest BCUT2D eigenvalue weighted by molar-refractivity contribution is 7.91. The molecule has 0 aromatic rings. The third-order valence-electron chi connectivity index (χ3n) is 1.87. The van der Waals surface area contributed by atoms with E-state index in [1.54, 1.807) is 0 Å². The van der Waals surface area contributed by atoms with Crippen molar-refractivity contribution in [1.82, 2.24) is 5.32 Å². The van der Waals surface area contributed by atoms with Gasteiger partial charge >= 0.3 is 0 Å². The molecule has 0 radical (unpaired) electrons. The number of aliphatic hydroxyl groups excluding tert-OH is 1. The molecule has 0 heterocycles. The molecule has 0 bridgehead atoms. The molecule has 1 amide bonds. The predicted octanol–water partition coefficient (Wildman–Crippen LogP) is -1.33. The first-order valence-corrected chi connectivity index (χ1v) is 6.08. The Balaban J connectivity index is 2.27. The van der Waals surface area contributed by atoms with E-state index < -0.39 is 21.5 Å². The lowest BCUT2D eigenvalue weighted by atomic mass is 9.89. The van der Waals surface area contributed by atoms with Crippen LogP contribution in [0.4, 0.5) is 0 Å². The number of hydrogen-bond acceptors (Lipinski definition) is 4. The van der Waals surface area contributed by atoms with E-state index in [0.717, 1.165) is 6.26 Å². The van der Waals surface area contributed by atoms with Crippen molar-refractivity contribution >= 4 is 15.7 Å². The smallest absolute Gasteiger partial charge is 0.235 e. The standard InChI is InChI=1S/C7H13NO4S/c1-13(11,12)4-7(10)8-5-2-6(9)3-5/h5-6,9H,2-4H2,1H3,(H,8,10). The van der Waals surface area contributed by atoms with Gasteiger partial charge in [0.05, 0.1) is 6.10 Å². The van der Waals surface area contributed by atoms with Crippen LogP contribution < -0.4 is 5.32 Å². The second kappa shape index (κ2) is 3.63. The number of nitrogens with one attached hydrogen (secondary N) is 1. The summed E-state index contributed by atoms with van der Waals surface area (Å²) in [4.78, 5) is 11.0. The molecular formula is C7H13NO4S. The van der Waals surface area contributed by atoms with Crippen LogP contribution in [0.3, 0.4) is 0 Å². The van der Waals surface area contributed by atoms with Gasteiger partial charge < -0.3 is 10.4 Å². The summed E-state index contributed by atoms with van der Waals surface area (Å²) in [6, 6.07) is -0.0516. The topological polar surface area (TPSA) is 83.5 Å². The van der Waals surface area contributed by atoms with Crippen molar-refractivity contribution in [2.24, 2.45) is 0 Å². The zero-order chi connectivity index (χ0) is 10.1. The molecule has 0 aliphatic heterocycles. The Morgan fingerprint density at radius 2 is 2.08 bits per heavy atom. The molecule has 13 heavy (non-hydrogen) atoms. The maximum atomic E-state index is 11.0. The minimum atomic E-state index is -3.24. The molecule has 0 aromatic carbocycles. The van der Waals surface area contributed by atoms with E-state index in [2.05, 4.69) is 5.32 Å². The second-order valence-electron chi connectivity index (χ2n) is 3.46. The van der Waals surface area contributed by atoms with E-state index in [4.69, 9.17) is 5.11 Å². The average Bonchev–Trinajstić information content (AvgIpc) is 1.79. The molecule has 76 valence electrons. The minimum absolute atomic E-state index is 0.0516. The molecule has 2 N–H and O–H groups in total. The molecular weight excluding hydrogens is 194 g/mol. The Labute approximate surface area is 77.1 Å². The van der Waals surface area contributed by atoms with Crippen LogP contribution in [0.25, 0.3) is 0 Å². The highest BCUT2D eigenvalue weighted by Gasteiger charge is 2.28. The van der Waals surface area contributed by atoms with Crippen molar-refractivity contribution in [3.8, 4) is 0 Å². The van der Waals surface area contributed by atoms with Gasteiger partial charge in [-0.25, -0.2) is 8.42 Å². The van der Waals surface area contributed by atoms with Gasteiger partial charge in [-0.15, -0.1) is 0 Å². The van der Waals surface area contributed by atoms with Crippen molar-refractivity contribution in [3.05, 3.63) is 0 Å². The number of amides is 1. The van der Waals surface area contributed by atoms with Crippen LogP contribution in [0.2, 0.25) is 0 Å². The van der Waals surface area contributed by atoms with Crippen LogP contribution in [-0.2, 0) is 14.6 Å². The van der Waals surface area contributed by atoms with Gasteiger partial charge in [-0.1, -0.05) is 0 Å². The Morgan fingerprint density at radius 3 is 2.46 bits per heavy atom. The first kappa shape index (κ1) is 10.5. The predicted molar refractivity (Wildman–Crippen MR) is 46.9 cm³/mol. The molecule has 0 aromatic heterocycles. The van der Waals surface area contributed by atoms with E-state index in [1.807, 2.05) is 0 Å². The van der Waals surface area contributed by atoms with Crippen LogP contribution in [-0.4, -0.2) is 43.6 Å². The minimum Gasteiger partial charge on any atom is -0.393 e. The summed E-state index contributed by atoms with van der Waals surface area (Å²) in [5, 5.41) is 11.4. The summed E-state index contributed by atoms with van der Waals surface area (Å²) >= 11 is 0.